The molecule has 0 radical (unpaired) electrons. The van der Waals surface area contributed by atoms with Crippen LogP contribution in [0.1, 0.15) is 54.6 Å². The molecule has 146 valence electrons. The lowest BCUT2D eigenvalue weighted by Gasteiger charge is -2.34. The summed E-state index contributed by atoms with van der Waals surface area (Å²) in [7, 11) is 0. The molecule has 3 heterocycles. The first-order valence-electron chi connectivity index (χ1n) is 10.2. The standard InChI is InChI=1S/C23H28N4O/c1-5-26-14-18(13-24-26)22-17(4)21(19-12-15(2)9-10-20(19)25-22)23(28)27-11-7-6-8-16(27)3/h9-10,12-14,16H,5-8,11H2,1-4H3. The van der Waals surface area contributed by atoms with Crippen molar-refractivity contribution in [1.82, 2.24) is 19.7 Å². The molecular weight excluding hydrogens is 348 g/mol. The van der Waals surface area contributed by atoms with Crippen molar-refractivity contribution in [2.24, 2.45) is 0 Å². The predicted molar refractivity (Wildman–Crippen MR) is 112 cm³/mol. The molecule has 0 aliphatic carbocycles. The number of carbonyl (C=O) groups is 1. The Morgan fingerprint density at radius 1 is 1.25 bits per heavy atom. The molecule has 5 nitrogen and oxygen atoms in total. The summed E-state index contributed by atoms with van der Waals surface area (Å²) in [5.74, 6) is 0.131. The van der Waals surface area contributed by atoms with Crippen LogP contribution in [0, 0.1) is 13.8 Å². The van der Waals surface area contributed by atoms with Gasteiger partial charge < -0.3 is 4.90 Å². The Morgan fingerprint density at radius 2 is 2.07 bits per heavy atom. The molecule has 3 aromatic rings. The molecular formula is C23H28N4O. The van der Waals surface area contributed by atoms with Crippen LogP contribution in [-0.4, -0.2) is 38.2 Å². The van der Waals surface area contributed by atoms with Gasteiger partial charge in [-0.15, -0.1) is 0 Å². The maximum absolute atomic E-state index is 13.7. The summed E-state index contributed by atoms with van der Waals surface area (Å²) in [6.07, 6.45) is 7.20. The number of rotatable bonds is 3. The van der Waals surface area contributed by atoms with Crippen LogP contribution < -0.4 is 0 Å². The highest BCUT2D eigenvalue weighted by Crippen LogP contribution is 2.32. The van der Waals surface area contributed by atoms with Gasteiger partial charge in [-0.05, 0) is 64.7 Å². The SMILES string of the molecule is CCn1cc(-c2nc3ccc(C)cc3c(C(=O)N3CCCCC3C)c2C)cn1. The van der Waals surface area contributed by atoms with Gasteiger partial charge in [0.1, 0.15) is 0 Å². The normalized spacial score (nSPS) is 17.3. The van der Waals surface area contributed by atoms with Gasteiger partial charge in [-0.2, -0.15) is 5.10 Å². The number of likely N-dealkylation sites (tertiary alicyclic amines) is 1. The maximum atomic E-state index is 13.7. The quantitative estimate of drug-likeness (QED) is 0.663. The summed E-state index contributed by atoms with van der Waals surface area (Å²) in [5, 5.41) is 5.35. The Bertz CT molecular complexity index is 1040. The van der Waals surface area contributed by atoms with Crippen molar-refractivity contribution in [2.45, 2.75) is 59.5 Å². The fourth-order valence-electron chi connectivity index (χ4n) is 4.23. The highest BCUT2D eigenvalue weighted by molar-refractivity contribution is 6.09. The Balaban J connectivity index is 1.93. The highest BCUT2D eigenvalue weighted by atomic mass is 16.2. The third kappa shape index (κ3) is 3.19. The molecule has 1 amide bonds. The van der Waals surface area contributed by atoms with Gasteiger partial charge in [-0.1, -0.05) is 11.6 Å². The third-order valence-electron chi connectivity index (χ3n) is 5.89. The molecule has 0 saturated carbocycles. The summed E-state index contributed by atoms with van der Waals surface area (Å²) in [6, 6.07) is 6.45. The highest BCUT2D eigenvalue weighted by Gasteiger charge is 2.28. The van der Waals surface area contributed by atoms with Crippen LogP contribution in [0.3, 0.4) is 0 Å². The van der Waals surface area contributed by atoms with Gasteiger partial charge >= 0.3 is 0 Å². The molecule has 4 rings (SSSR count). The van der Waals surface area contributed by atoms with Crippen molar-refractivity contribution in [3.05, 3.63) is 47.3 Å². The second-order valence-corrected chi connectivity index (χ2v) is 7.91. The number of amides is 1. The third-order valence-corrected chi connectivity index (χ3v) is 5.89. The minimum atomic E-state index is 0.131. The molecule has 1 aromatic carbocycles. The summed E-state index contributed by atoms with van der Waals surface area (Å²) in [4.78, 5) is 20.6. The number of aromatic nitrogens is 3. The van der Waals surface area contributed by atoms with E-state index in [1.807, 2.05) is 35.0 Å². The van der Waals surface area contributed by atoms with E-state index >= 15 is 0 Å². The van der Waals surface area contributed by atoms with E-state index in [1.165, 1.54) is 6.42 Å². The lowest BCUT2D eigenvalue weighted by Crippen LogP contribution is -2.42. The number of aryl methyl sites for hydroxylation is 2. The summed E-state index contributed by atoms with van der Waals surface area (Å²) in [5.41, 5.74) is 5.55. The molecule has 1 fully saturated rings. The van der Waals surface area contributed by atoms with Crippen LogP contribution >= 0.6 is 0 Å². The number of benzene rings is 1. The van der Waals surface area contributed by atoms with E-state index in [9.17, 15) is 4.79 Å². The molecule has 28 heavy (non-hydrogen) atoms. The molecule has 1 saturated heterocycles. The van der Waals surface area contributed by atoms with Crippen molar-refractivity contribution >= 4 is 16.8 Å². The lowest BCUT2D eigenvalue weighted by atomic mass is 9.95. The first kappa shape index (κ1) is 18.7. The van der Waals surface area contributed by atoms with Crippen molar-refractivity contribution in [2.75, 3.05) is 6.54 Å². The van der Waals surface area contributed by atoms with Gasteiger partial charge in [-0.25, -0.2) is 4.98 Å². The van der Waals surface area contributed by atoms with Crippen LogP contribution in [-0.2, 0) is 6.54 Å². The van der Waals surface area contributed by atoms with Crippen LogP contribution in [0.25, 0.3) is 22.2 Å². The van der Waals surface area contributed by atoms with Crippen molar-refractivity contribution in [1.29, 1.82) is 0 Å². The van der Waals surface area contributed by atoms with Crippen LogP contribution in [0.2, 0.25) is 0 Å². The van der Waals surface area contributed by atoms with E-state index in [-0.39, 0.29) is 11.9 Å². The second-order valence-electron chi connectivity index (χ2n) is 7.91. The van der Waals surface area contributed by atoms with E-state index in [0.717, 1.165) is 64.8 Å². The molecule has 0 spiro atoms. The average Bonchev–Trinajstić information content (AvgIpc) is 3.16. The number of pyridine rings is 1. The Kier molecular flexibility index (Phi) is 4.92. The summed E-state index contributed by atoms with van der Waals surface area (Å²) < 4.78 is 1.89. The smallest absolute Gasteiger partial charge is 0.255 e. The average molecular weight is 377 g/mol. The van der Waals surface area contributed by atoms with E-state index in [1.54, 1.807) is 0 Å². The summed E-state index contributed by atoms with van der Waals surface area (Å²) in [6.45, 7) is 9.95. The number of fused-ring (bicyclic) bond motifs is 1. The van der Waals surface area contributed by atoms with E-state index in [0.29, 0.717) is 0 Å². The molecule has 0 bridgehead atoms. The first-order chi connectivity index (χ1) is 13.5. The Hall–Kier alpha value is -2.69. The predicted octanol–water partition coefficient (Wildman–Crippen LogP) is 4.75. The molecule has 1 aliphatic heterocycles. The number of nitrogens with zero attached hydrogens (tertiary/aromatic N) is 4. The number of hydrogen-bond donors (Lipinski definition) is 0. The zero-order valence-corrected chi connectivity index (χ0v) is 17.2. The minimum Gasteiger partial charge on any atom is -0.336 e. The van der Waals surface area contributed by atoms with Gasteiger partial charge in [0.2, 0.25) is 0 Å². The number of hydrogen-bond acceptors (Lipinski definition) is 3. The number of piperidine rings is 1. The van der Waals surface area contributed by atoms with E-state index < -0.39 is 0 Å². The van der Waals surface area contributed by atoms with Crippen molar-refractivity contribution < 1.29 is 4.79 Å². The van der Waals surface area contributed by atoms with E-state index in [2.05, 4.69) is 38.0 Å². The lowest BCUT2D eigenvalue weighted by molar-refractivity contribution is 0.0637. The van der Waals surface area contributed by atoms with Gasteiger partial charge in [0, 0.05) is 36.3 Å². The Morgan fingerprint density at radius 3 is 2.79 bits per heavy atom. The van der Waals surface area contributed by atoms with Crippen molar-refractivity contribution in [3.8, 4) is 11.3 Å². The Labute approximate surface area is 166 Å². The fraction of sp³-hybridized carbons (Fsp3) is 0.435. The maximum Gasteiger partial charge on any atom is 0.255 e. The molecule has 5 heteroatoms. The van der Waals surface area contributed by atoms with Gasteiger partial charge in [0.25, 0.3) is 5.91 Å². The molecule has 0 N–H and O–H groups in total. The molecule has 1 atom stereocenters. The second kappa shape index (κ2) is 7.38. The zero-order valence-electron chi connectivity index (χ0n) is 17.2. The van der Waals surface area contributed by atoms with Gasteiger partial charge in [-0.3, -0.25) is 9.48 Å². The van der Waals surface area contributed by atoms with Crippen LogP contribution in [0.15, 0.2) is 30.6 Å². The zero-order chi connectivity index (χ0) is 19.8. The van der Waals surface area contributed by atoms with Gasteiger partial charge in [0.05, 0.1) is 23.0 Å². The van der Waals surface area contributed by atoms with Crippen molar-refractivity contribution in [3.63, 3.8) is 0 Å². The molecule has 1 aliphatic rings. The first-order valence-corrected chi connectivity index (χ1v) is 10.2. The number of carbonyl (C=O) groups excluding carboxylic acids is 1. The topological polar surface area (TPSA) is 51.0 Å². The van der Waals surface area contributed by atoms with Gasteiger partial charge in [0.15, 0.2) is 0 Å². The molecule has 1 unspecified atom stereocenters. The van der Waals surface area contributed by atoms with E-state index in [4.69, 9.17) is 4.98 Å². The minimum absolute atomic E-state index is 0.131. The van der Waals surface area contributed by atoms with Crippen LogP contribution in [0.4, 0.5) is 0 Å². The summed E-state index contributed by atoms with van der Waals surface area (Å²) >= 11 is 0. The monoisotopic (exact) mass is 376 g/mol. The largest absolute Gasteiger partial charge is 0.336 e. The fourth-order valence-corrected chi connectivity index (χ4v) is 4.23. The molecule has 2 aromatic heterocycles. The van der Waals surface area contributed by atoms with Crippen LogP contribution in [0.5, 0.6) is 0 Å².